The largest absolute Gasteiger partial charge is 0.453 e. The number of amides is 1. The van der Waals surface area contributed by atoms with E-state index in [2.05, 4.69) is 10.1 Å². The fourth-order valence-corrected chi connectivity index (χ4v) is 2.80. The van der Waals surface area contributed by atoms with Crippen molar-refractivity contribution in [2.45, 2.75) is 51.2 Å². The van der Waals surface area contributed by atoms with Crippen molar-refractivity contribution in [3.8, 4) is 0 Å². The van der Waals surface area contributed by atoms with Crippen LogP contribution in [0.1, 0.15) is 39.5 Å². The van der Waals surface area contributed by atoms with Crippen molar-refractivity contribution in [1.29, 1.82) is 0 Å². The lowest BCUT2D eigenvalue weighted by Crippen LogP contribution is -2.50. The molecule has 1 saturated carbocycles. The summed E-state index contributed by atoms with van der Waals surface area (Å²) in [7, 11) is 1.32. The molecule has 0 aromatic carbocycles. The third-order valence-corrected chi connectivity index (χ3v) is 4.14. The van der Waals surface area contributed by atoms with E-state index in [1.165, 1.54) is 7.11 Å². The summed E-state index contributed by atoms with van der Waals surface area (Å²) >= 11 is 0. The summed E-state index contributed by atoms with van der Waals surface area (Å²) in [6, 6.07) is -0.450. The third kappa shape index (κ3) is 3.26. The zero-order valence-electron chi connectivity index (χ0n) is 11.9. The Hall–Kier alpha value is -1.10. The van der Waals surface area contributed by atoms with Gasteiger partial charge in [0.2, 0.25) is 0 Å². The minimum atomic E-state index is -0.532. The number of rotatable bonds is 4. The van der Waals surface area contributed by atoms with Crippen molar-refractivity contribution < 1.29 is 19.1 Å². The Balaban J connectivity index is 2.07. The molecule has 2 atom stereocenters. The van der Waals surface area contributed by atoms with Gasteiger partial charge in [0.1, 0.15) is 0 Å². The fraction of sp³-hybridized carbons (Fsp3) is 0.857. The number of nitrogens with one attached hydrogen (secondary N) is 1. The van der Waals surface area contributed by atoms with Crippen LogP contribution < -0.4 is 5.32 Å². The number of carbonyl (C=O) groups excluding carboxylic acids is 2. The van der Waals surface area contributed by atoms with Gasteiger partial charge in [-0.25, -0.2) is 4.79 Å². The number of carbonyl (C=O) groups is 2. The van der Waals surface area contributed by atoms with E-state index in [-0.39, 0.29) is 23.2 Å². The van der Waals surface area contributed by atoms with Crippen molar-refractivity contribution in [2.24, 2.45) is 11.8 Å². The van der Waals surface area contributed by atoms with Gasteiger partial charge < -0.3 is 14.8 Å². The van der Waals surface area contributed by atoms with Gasteiger partial charge in [0, 0.05) is 12.5 Å². The predicted molar refractivity (Wildman–Crippen MR) is 69.8 cm³/mol. The molecule has 5 nitrogen and oxygen atoms in total. The zero-order chi connectivity index (χ0) is 14.0. The monoisotopic (exact) mass is 269 g/mol. The lowest BCUT2D eigenvalue weighted by atomic mass is 9.83. The molecule has 0 aromatic rings. The highest BCUT2D eigenvalue weighted by Gasteiger charge is 2.50. The fourth-order valence-electron chi connectivity index (χ4n) is 2.80. The van der Waals surface area contributed by atoms with Crippen LogP contribution >= 0.6 is 0 Å². The first-order chi connectivity index (χ1) is 8.97. The second kappa shape index (κ2) is 5.49. The van der Waals surface area contributed by atoms with Crippen LogP contribution in [0, 0.1) is 11.8 Å². The van der Waals surface area contributed by atoms with Crippen molar-refractivity contribution in [3.05, 3.63) is 0 Å². The molecule has 0 bridgehead atoms. The summed E-state index contributed by atoms with van der Waals surface area (Å²) in [6.07, 6.45) is 3.29. The molecule has 2 unspecified atom stereocenters. The zero-order valence-corrected chi connectivity index (χ0v) is 11.9. The maximum absolute atomic E-state index is 12.3. The van der Waals surface area contributed by atoms with Crippen LogP contribution in [-0.2, 0) is 14.3 Å². The average molecular weight is 269 g/mol. The van der Waals surface area contributed by atoms with Crippen LogP contribution in [0.4, 0.5) is 4.79 Å². The third-order valence-electron chi connectivity index (χ3n) is 4.14. The van der Waals surface area contributed by atoms with Gasteiger partial charge in [0.25, 0.3) is 0 Å². The smallest absolute Gasteiger partial charge is 0.407 e. The molecule has 5 heteroatoms. The van der Waals surface area contributed by atoms with E-state index in [1.54, 1.807) is 0 Å². The van der Waals surface area contributed by atoms with Crippen molar-refractivity contribution in [3.63, 3.8) is 0 Å². The number of hydrogen-bond acceptors (Lipinski definition) is 4. The summed E-state index contributed by atoms with van der Waals surface area (Å²) in [4.78, 5) is 23.8. The number of ether oxygens (including phenoxy) is 2. The average Bonchev–Trinajstić information content (AvgIpc) is 3.13. The summed E-state index contributed by atoms with van der Waals surface area (Å²) in [5.74, 6) is 0.138. The predicted octanol–water partition coefficient (Wildman–Crippen LogP) is 1.90. The van der Waals surface area contributed by atoms with E-state index < -0.39 is 12.1 Å². The van der Waals surface area contributed by atoms with Crippen LogP contribution in [0.5, 0.6) is 0 Å². The molecule has 19 heavy (non-hydrogen) atoms. The molecule has 0 aromatic heterocycles. The maximum Gasteiger partial charge on any atom is 0.407 e. The number of ketones is 1. The van der Waals surface area contributed by atoms with E-state index in [0.717, 1.165) is 25.7 Å². The van der Waals surface area contributed by atoms with Gasteiger partial charge in [0.15, 0.2) is 5.78 Å². The number of alkyl carbamates (subject to hydrolysis) is 1. The molecule has 1 aliphatic heterocycles. The maximum atomic E-state index is 12.3. The number of Topliss-reactive ketones (excluding diaryl/α,β-unsaturated/α-hetero) is 1. The van der Waals surface area contributed by atoms with Crippen molar-refractivity contribution >= 4 is 11.9 Å². The van der Waals surface area contributed by atoms with Crippen LogP contribution in [-0.4, -0.2) is 37.2 Å². The van der Waals surface area contributed by atoms with E-state index in [0.29, 0.717) is 6.61 Å². The SMILES string of the molecule is COC(=O)NC(C(=O)C(C)C)C1CCOC2(CC2)C1. The van der Waals surface area contributed by atoms with Gasteiger partial charge in [-0.2, -0.15) is 0 Å². The molecule has 1 N–H and O–H groups in total. The molecule has 1 spiro atoms. The topological polar surface area (TPSA) is 64.6 Å². The van der Waals surface area contributed by atoms with Crippen molar-refractivity contribution in [1.82, 2.24) is 5.32 Å². The molecule has 1 aliphatic carbocycles. The molecule has 2 aliphatic rings. The number of methoxy groups -OCH3 is 1. The summed E-state index contributed by atoms with van der Waals surface area (Å²) < 4.78 is 10.4. The van der Waals surface area contributed by atoms with E-state index in [1.807, 2.05) is 13.8 Å². The highest BCUT2D eigenvalue weighted by Crippen LogP contribution is 2.48. The first-order valence-corrected chi connectivity index (χ1v) is 6.99. The molecule has 1 saturated heterocycles. The van der Waals surface area contributed by atoms with E-state index in [4.69, 9.17) is 4.74 Å². The minimum Gasteiger partial charge on any atom is -0.453 e. The van der Waals surface area contributed by atoms with Crippen LogP contribution in [0.25, 0.3) is 0 Å². The van der Waals surface area contributed by atoms with Crippen LogP contribution in [0.15, 0.2) is 0 Å². The van der Waals surface area contributed by atoms with Gasteiger partial charge in [0.05, 0.1) is 18.8 Å². The minimum absolute atomic E-state index is 0.00374. The lowest BCUT2D eigenvalue weighted by molar-refractivity contribution is -0.127. The van der Waals surface area contributed by atoms with E-state index >= 15 is 0 Å². The Morgan fingerprint density at radius 2 is 2.05 bits per heavy atom. The summed E-state index contributed by atoms with van der Waals surface area (Å²) in [6.45, 7) is 4.40. The van der Waals surface area contributed by atoms with Crippen molar-refractivity contribution in [2.75, 3.05) is 13.7 Å². The first-order valence-electron chi connectivity index (χ1n) is 6.99. The van der Waals surface area contributed by atoms with Crippen LogP contribution in [0.2, 0.25) is 0 Å². The molecule has 2 fully saturated rings. The standard InChI is InChI=1S/C14H23NO4/c1-9(2)12(16)11(15-13(17)18-3)10-4-7-19-14(8-10)5-6-14/h9-11H,4-8H2,1-3H3,(H,15,17). The molecule has 2 rings (SSSR count). The second-order valence-corrected chi connectivity index (χ2v) is 5.96. The first kappa shape index (κ1) is 14.3. The Bertz CT molecular complexity index is 362. The molecular weight excluding hydrogens is 246 g/mol. The van der Waals surface area contributed by atoms with E-state index in [9.17, 15) is 9.59 Å². The highest BCUT2D eigenvalue weighted by atomic mass is 16.5. The Morgan fingerprint density at radius 1 is 1.37 bits per heavy atom. The summed E-state index contributed by atoms with van der Waals surface area (Å²) in [5, 5.41) is 2.72. The molecular formula is C14H23NO4. The lowest BCUT2D eigenvalue weighted by Gasteiger charge is -2.35. The normalized spacial score (nSPS) is 26.0. The van der Waals surface area contributed by atoms with Crippen LogP contribution in [0.3, 0.4) is 0 Å². The summed E-state index contributed by atoms with van der Waals surface area (Å²) in [5.41, 5.74) is -0.00374. The highest BCUT2D eigenvalue weighted by molar-refractivity contribution is 5.89. The van der Waals surface area contributed by atoms with Gasteiger partial charge >= 0.3 is 6.09 Å². The Labute approximate surface area is 114 Å². The Kier molecular flexibility index (Phi) is 4.13. The molecule has 1 amide bonds. The molecule has 108 valence electrons. The number of hydrogen-bond donors (Lipinski definition) is 1. The van der Waals surface area contributed by atoms with Gasteiger partial charge in [-0.15, -0.1) is 0 Å². The molecule has 1 heterocycles. The van der Waals surface area contributed by atoms with Gasteiger partial charge in [-0.1, -0.05) is 13.8 Å². The quantitative estimate of drug-likeness (QED) is 0.846. The second-order valence-electron chi connectivity index (χ2n) is 5.96. The van der Waals surface area contributed by atoms with Gasteiger partial charge in [-0.05, 0) is 31.6 Å². The van der Waals surface area contributed by atoms with Gasteiger partial charge in [-0.3, -0.25) is 4.79 Å². The molecule has 0 radical (unpaired) electrons. The Morgan fingerprint density at radius 3 is 2.58 bits per heavy atom.